The van der Waals surface area contributed by atoms with Crippen molar-refractivity contribution < 1.29 is 53.7 Å². The second-order valence-electron chi connectivity index (χ2n) is 15.3. The third kappa shape index (κ3) is 18.8. The number of aliphatic carboxylic acids is 2. The van der Waals surface area contributed by atoms with Crippen LogP contribution in [-0.2, 0) is 44.8 Å². The minimum absolute atomic E-state index is 0.0116. The third-order valence-electron chi connectivity index (χ3n) is 9.41. The summed E-state index contributed by atoms with van der Waals surface area (Å²) < 4.78 is 0. The largest absolute Gasteiger partial charge is 0.481 e. The van der Waals surface area contributed by atoms with Crippen LogP contribution in [0.15, 0.2) is 35.3 Å². The molecule has 0 aliphatic carbocycles. The van der Waals surface area contributed by atoms with Crippen LogP contribution in [0.5, 0.6) is 0 Å². The molecule has 336 valence electrons. The second kappa shape index (κ2) is 26.3. The van der Waals surface area contributed by atoms with Gasteiger partial charge in [-0.05, 0) is 42.6 Å². The molecule has 6 amide bonds. The number of rotatable bonds is 27. The molecule has 1 aromatic rings. The van der Waals surface area contributed by atoms with E-state index in [0.29, 0.717) is 12.0 Å². The van der Waals surface area contributed by atoms with E-state index in [1.165, 1.54) is 0 Å². The van der Waals surface area contributed by atoms with E-state index >= 15 is 0 Å². The number of aliphatic imine (C=N–C) groups is 1. The quantitative estimate of drug-likeness (QED) is 0.0255. The molecule has 1 rings (SSSR count). The van der Waals surface area contributed by atoms with Crippen molar-refractivity contribution in [2.75, 3.05) is 13.2 Å². The number of carboxylic acid groups (broad SMARTS) is 2. The van der Waals surface area contributed by atoms with Gasteiger partial charge in [0.1, 0.15) is 36.3 Å². The van der Waals surface area contributed by atoms with Crippen LogP contribution in [0.3, 0.4) is 0 Å². The number of aliphatic hydroxyl groups excluding tert-OH is 1. The molecule has 0 fully saturated rings. The molecule has 0 heterocycles. The van der Waals surface area contributed by atoms with Gasteiger partial charge in [-0.1, -0.05) is 78.3 Å². The van der Waals surface area contributed by atoms with Gasteiger partial charge in [0.25, 0.3) is 0 Å². The van der Waals surface area contributed by atoms with Crippen molar-refractivity contribution in [3.63, 3.8) is 0 Å². The Kier molecular flexibility index (Phi) is 22.9. The van der Waals surface area contributed by atoms with Crippen LogP contribution in [0.2, 0.25) is 0 Å². The lowest BCUT2D eigenvalue weighted by Crippen LogP contribution is -2.61. The highest BCUT2D eigenvalue weighted by Crippen LogP contribution is 2.13. The summed E-state index contributed by atoms with van der Waals surface area (Å²) in [5.74, 6) is -9.48. The third-order valence-corrected chi connectivity index (χ3v) is 9.41. The maximum absolute atomic E-state index is 13.9. The Bertz CT molecular complexity index is 1640. The second-order valence-corrected chi connectivity index (χ2v) is 15.3. The van der Waals surface area contributed by atoms with Gasteiger partial charge in [-0.2, -0.15) is 0 Å². The summed E-state index contributed by atoms with van der Waals surface area (Å²) in [5.41, 5.74) is 17.4. The van der Waals surface area contributed by atoms with E-state index in [1.807, 2.05) is 13.8 Å². The number of benzene rings is 1. The summed E-state index contributed by atoms with van der Waals surface area (Å²) in [6, 6.07) is -1.05. The van der Waals surface area contributed by atoms with Gasteiger partial charge >= 0.3 is 11.9 Å². The Balaban J connectivity index is 3.29. The monoisotopic (exact) mass is 848 g/mol. The van der Waals surface area contributed by atoms with E-state index in [1.54, 1.807) is 58.0 Å². The molecular formula is C39H64N10O11. The van der Waals surface area contributed by atoms with Gasteiger partial charge in [0, 0.05) is 13.0 Å². The average molecular weight is 849 g/mol. The highest BCUT2D eigenvalue weighted by Gasteiger charge is 2.36. The zero-order chi connectivity index (χ0) is 45.7. The van der Waals surface area contributed by atoms with E-state index in [-0.39, 0.29) is 44.1 Å². The fraction of sp³-hybridized carbons (Fsp3) is 0.615. The van der Waals surface area contributed by atoms with Crippen molar-refractivity contribution in [1.82, 2.24) is 31.9 Å². The molecule has 0 aliphatic rings. The Morgan fingerprint density at radius 3 is 1.72 bits per heavy atom. The number of nitrogens with zero attached hydrogens (tertiary/aromatic N) is 1. The number of hydrogen-bond donors (Lipinski definition) is 12. The van der Waals surface area contributed by atoms with Crippen LogP contribution in [0.1, 0.15) is 79.2 Å². The molecule has 0 saturated carbocycles. The predicted molar refractivity (Wildman–Crippen MR) is 220 cm³/mol. The van der Waals surface area contributed by atoms with Crippen LogP contribution in [0, 0.1) is 17.8 Å². The maximum Gasteiger partial charge on any atom is 0.326 e. The molecule has 0 aromatic heterocycles. The first-order valence-corrected chi connectivity index (χ1v) is 19.8. The first-order valence-electron chi connectivity index (χ1n) is 19.8. The number of nitrogens with two attached hydrogens (primary N) is 3. The van der Waals surface area contributed by atoms with Crippen molar-refractivity contribution in [2.24, 2.45) is 39.9 Å². The fourth-order valence-corrected chi connectivity index (χ4v) is 5.83. The number of nitrogens with one attached hydrogen (secondary N) is 6. The lowest BCUT2D eigenvalue weighted by Gasteiger charge is -2.29. The van der Waals surface area contributed by atoms with Gasteiger partial charge in [-0.25, -0.2) is 4.79 Å². The Morgan fingerprint density at radius 2 is 1.20 bits per heavy atom. The fourth-order valence-electron chi connectivity index (χ4n) is 5.83. The molecule has 8 atom stereocenters. The predicted octanol–water partition coefficient (Wildman–Crippen LogP) is -2.18. The Hall–Kier alpha value is -5.83. The van der Waals surface area contributed by atoms with E-state index in [2.05, 4.69) is 36.9 Å². The van der Waals surface area contributed by atoms with Crippen LogP contribution < -0.4 is 49.1 Å². The first-order chi connectivity index (χ1) is 28.1. The summed E-state index contributed by atoms with van der Waals surface area (Å²) in [7, 11) is 0. The summed E-state index contributed by atoms with van der Waals surface area (Å²) >= 11 is 0. The summed E-state index contributed by atoms with van der Waals surface area (Å²) in [4.78, 5) is 108. The normalized spacial score (nSPS) is 15.1. The number of carbonyl (C=O) groups is 8. The molecule has 0 spiro atoms. The number of carbonyl (C=O) groups excluding carboxylic acids is 6. The van der Waals surface area contributed by atoms with Gasteiger partial charge in [-0.15, -0.1) is 0 Å². The summed E-state index contributed by atoms with van der Waals surface area (Å²) in [5, 5.41) is 44.0. The molecule has 0 saturated heterocycles. The van der Waals surface area contributed by atoms with Gasteiger partial charge in [-0.3, -0.25) is 38.6 Å². The number of hydrogen-bond acceptors (Lipinski definition) is 11. The van der Waals surface area contributed by atoms with Gasteiger partial charge in [0.2, 0.25) is 35.4 Å². The summed E-state index contributed by atoms with van der Waals surface area (Å²) in [6.07, 6.45) is -0.147. The molecule has 0 aliphatic heterocycles. The van der Waals surface area contributed by atoms with Gasteiger partial charge in [0.15, 0.2) is 5.96 Å². The molecule has 21 nitrogen and oxygen atoms in total. The Labute approximate surface area is 349 Å². The lowest BCUT2D eigenvalue weighted by molar-refractivity contribution is -0.142. The SMILES string of the molecule is CC[C@H](C)[C@H](NC(=O)[C@H](CCCN=C(N)N)NC(=O)[C@@H](NC(=O)[C@H](CO)NC(=O)[C@H](CC(=O)O)NC(=O)[C@@H](N)CC(C)C)C(C)C)C(=O)N[C@@H](Cc1ccccc1)C(=O)O. The van der Waals surface area contributed by atoms with Crippen molar-refractivity contribution in [1.29, 1.82) is 0 Å². The minimum Gasteiger partial charge on any atom is -0.481 e. The molecule has 0 radical (unpaired) electrons. The number of aliphatic hydroxyl groups is 1. The molecule has 21 heteroatoms. The van der Waals surface area contributed by atoms with Gasteiger partial charge < -0.3 is 64.4 Å². The zero-order valence-corrected chi connectivity index (χ0v) is 35.1. The van der Waals surface area contributed by atoms with E-state index < -0.39 is 115 Å². The number of carboxylic acids is 2. The van der Waals surface area contributed by atoms with Crippen LogP contribution in [0.4, 0.5) is 0 Å². The molecule has 60 heavy (non-hydrogen) atoms. The molecular weight excluding hydrogens is 784 g/mol. The standard InChI is InChI=1S/C39H64N10O11/c1-7-22(6)31(37(58)46-27(38(59)60)17-23-12-9-8-10-13-23)49-33(54)25(14-11-15-43-39(41)42)44-36(57)30(21(4)5)48-35(56)28(19-50)47-34(55)26(18-29(51)52)45-32(53)24(40)16-20(2)3/h8-10,12-13,20-22,24-28,30-31,50H,7,11,14-19,40H2,1-6H3,(H,44,57)(H,45,53)(H,46,58)(H,47,55)(H,48,56)(H,49,54)(H,51,52)(H,59,60)(H4,41,42,43)/t22-,24-,25-,26-,27-,28-,30-,31-/m0/s1. The number of amides is 6. The molecule has 0 unspecified atom stereocenters. The van der Waals surface area contributed by atoms with E-state index in [4.69, 9.17) is 17.2 Å². The molecule has 0 bridgehead atoms. The van der Waals surface area contributed by atoms with Crippen molar-refractivity contribution in [3.8, 4) is 0 Å². The van der Waals surface area contributed by atoms with Crippen molar-refractivity contribution in [3.05, 3.63) is 35.9 Å². The smallest absolute Gasteiger partial charge is 0.326 e. The maximum atomic E-state index is 13.9. The molecule has 15 N–H and O–H groups in total. The van der Waals surface area contributed by atoms with E-state index in [9.17, 15) is 53.7 Å². The van der Waals surface area contributed by atoms with Crippen LogP contribution >= 0.6 is 0 Å². The number of guanidine groups is 1. The van der Waals surface area contributed by atoms with Gasteiger partial charge in [0.05, 0.1) is 19.1 Å². The van der Waals surface area contributed by atoms with Crippen molar-refractivity contribution >= 4 is 53.3 Å². The van der Waals surface area contributed by atoms with Crippen molar-refractivity contribution in [2.45, 2.75) is 122 Å². The minimum atomic E-state index is -1.71. The lowest BCUT2D eigenvalue weighted by atomic mass is 9.96. The molecule has 1 aromatic carbocycles. The highest BCUT2D eigenvalue weighted by molar-refractivity contribution is 5.98. The van der Waals surface area contributed by atoms with E-state index in [0.717, 1.165) is 0 Å². The van der Waals surface area contributed by atoms with Crippen LogP contribution in [0.25, 0.3) is 0 Å². The first kappa shape index (κ1) is 52.2. The topological polar surface area (TPSA) is 360 Å². The average Bonchev–Trinajstić information content (AvgIpc) is 3.17. The highest BCUT2D eigenvalue weighted by atomic mass is 16.4. The Morgan fingerprint density at radius 1 is 0.683 bits per heavy atom. The zero-order valence-electron chi connectivity index (χ0n) is 35.1. The van der Waals surface area contributed by atoms with Crippen LogP contribution in [-0.4, -0.2) is 124 Å². The summed E-state index contributed by atoms with van der Waals surface area (Å²) in [6.45, 7) is 9.29.